The predicted octanol–water partition coefficient (Wildman–Crippen LogP) is 3.37. The lowest BCUT2D eigenvalue weighted by Gasteiger charge is -2.06. The number of nitrogens with one attached hydrogen (secondary N) is 1. The van der Waals surface area contributed by atoms with Crippen LogP contribution in [0, 0.1) is 5.41 Å². The molecule has 0 radical (unpaired) electrons. The van der Waals surface area contributed by atoms with Gasteiger partial charge in [-0.05, 0) is 40.2 Å². The minimum absolute atomic E-state index is 0.0503. The topological polar surface area (TPSA) is 59.1 Å². The number of thiophene rings is 1. The average Bonchev–Trinajstić information content (AvgIpc) is 2.73. The van der Waals surface area contributed by atoms with E-state index in [1.807, 2.05) is 24.3 Å². The highest BCUT2D eigenvalue weighted by Gasteiger charge is 2.01. The van der Waals surface area contributed by atoms with Crippen molar-refractivity contribution in [2.75, 3.05) is 0 Å². The minimum Gasteiger partial charge on any atom is -0.488 e. The molecule has 1 heterocycles. The fraction of sp³-hybridized carbons (Fsp3) is 0.0833. The summed E-state index contributed by atoms with van der Waals surface area (Å²) >= 11 is 5.05. The molecular formula is C12H11BrN2OS. The van der Waals surface area contributed by atoms with E-state index < -0.39 is 0 Å². The van der Waals surface area contributed by atoms with Crippen LogP contribution in [0.4, 0.5) is 0 Å². The number of ether oxygens (including phenoxy) is 1. The number of nitrogen functional groups attached to an aromatic ring is 1. The van der Waals surface area contributed by atoms with E-state index in [-0.39, 0.29) is 5.84 Å². The number of hydrogen-bond donors (Lipinski definition) is 2. The van der Waals surface area contributed by atoms with Crippen LogP contribution in [0.2, 0.25) is 0 Å². The number of hydrogen-bond acceptors (Lipinski definition) is 3. The maximum Gasteiger partial charge on any atom is 0.122 e. The molecule has 5 heteroatoms. The standard InChI is InChI=1S/C12H11BrN2OS/c13-11-5-4-10(17-11)7-16-9-3-1-2-8(6-9)12(14)15/h1-6H,7H2,(H3,14,15). The first-order valence-corrected chi connectivity index (χ1v) is 6.57. The van der Waals surface area contributed by atoms with Crippen LogP contribution < -0.4 is 10.5 Å². The second-order valence-corrected chi connectivity index (χ2v) is 5.98. The highest BCUT2D eigenvalue weighted by molar-refractivity contribution is 9.11. The molecule has 0 aliphatic rings. The highest BCUT2D eigenvalue weighted by Crippen LogP contribution is 2.23. The second-order valence-electron chi connectivity index (χ2n) is 3.44. The number of benzene rings is 1. The predicted molar refractivity (Wildman–Crippen MR) is 73.8 cm³/mol. The van der Waals surface area contributed by atoms with Gasteiger partial charge in [-0.1, -0.05) is 12.1 Å². The number of halogens is 1. The molecule has 88 valence electrons. The van der Waals surface area contributed by atoms with Crippen molar-refractivity contribution in [1.82, 2.24) is 0 Å². The largest absolute Gasteiger partial charge is 0.488 e. The Kier molecular flexibility index (Phi) is 3.81. The zero-order chi connectivity index (χ0) is 12.3. The monoisotopic (exact) mass is 310 g/mol. The number of rotatable bonds is 4. The third-order valence-electron chi connectivity index (χ3n) is 2.15. The van der Waals surface area contributed by atoms with Crippen LogP contribution >= 0.6 is 27.3 Å². The Labute approximate surface area is 112 Å². The Bertz CT molecular complexity index is 539. The molecule has 3 N–H and O–H groups in total. The summed E-state index contributed by atoms with van der Waals surface area (Å²) in [6.45, 7) is 0.525. The van der Waals surface area contributed by atoms with Gasteiger partial charge in [0.15, 0.2) is 0 Å². The van der Waals surface area contributed by atoms with Crippen LogP contribution in [0.5, 0.6) is 5.75 Å². The van der Waals surface area contributed by atoms with E-state index in [1.54, 1.807) is 23.5 Å². The molecule has 0 aliphatic carbocycles. The Morgan fingerprint density at radius 3 is 2.82 bits per heavy atom. The Morgan fingerprint density at radius 1 is 1.35 bits per heavy atom. The maximum atomic E-state index is 7.35. The van der Waals surface area contributed by atoms with E-state index in [2.05, 4.69) is 15.9 Å². The van der Waals surface area contributed by atoms with E-state index in [1.165, 1.54) is 0 Å². The SMILES string of the molecule is N=C(N)c1cccc(OCc2ccc(Br)s2)c1. The molecule has 1 aromatic heterocycles. The first kappa shape index (κ1) is 12.1. The van der Waals surface area contributed by atoms with Crippen molar-refractivity contribution in [3.63, 3.8) is 0 Å². The van der Waals surface area contributed by atoms with Gasteiger partial charge in [-0.25, -0.2) is 0 Å². The molecule has 0 amide bonds. The van der Waals surface area contributed by atoms with Crippen molar-refractivity contribution in [3.05, 3.63) is 50.6 Å². The fourth-order valence-corrected chi connectivity index (χ4v) is 2.73. The summed E-state index contributed by atoms with van der Waals surface area (Å²) < 4.78 is 6.72. The quantitative estimate of drug-likeness (QED) is 0.672. The summed E-state index contributed by atoms with van der Waals surface area (Å²) in [6, 6.07) is 11.3. The van der Waals surface area contributed by atoms with Crippen LogP contribution in [-0.4, -0.2) is 5.84 Å². The summed E-state index contributed by atoms with van der Waals surface area (Å²) in [5, 5.41) is 7.35. The van der Waals surface area contributed by atoms with Gasteiger partial charge in [0, 0.05) is 10.4 Å². The van der Waals surface area contributed by atoms with Crippen LogP contribution in [0.25, 0.3) is 0 Å². The molecule has 0 unspecified atom stereocenters. The average molecular weight is 311 g/mol. The zero-order valence-electron chi connectivity index (χ0n) is 8.94. The highest BCUT2D eigenvalue weighted by atomic mass is 79.9. The fourth-order valence-electron chi connectivity index (χ4n) is 1.34. The van der Waals surface area contributed by atoms with Crippen LogP contribution in [0.1, 0.15) is 10.4 Å². The smallest absolute Gasteiger partial charge is 0.122 e. The Morgan fingerprint density at radius 2 is 2.18 bits per heavy atom. The van der Waals surface area contributed by atoms with Gasteiger partial charge in [-0.3, -0.25) is 5.41 Å². The van der Waals surface area contributed by atoms with Gasteiger partial charge in [0.05, 0.1) is 3.79 Å². The first-order chi connectivity index (χ1) is 8.15. The van der Waals surface area contributed by atoms with Crippen LogP contribution in [0.3, 0.4) is 0 Å². The summed E-state index contributed by atoms with van der Waals surface area (Å²) in [6.07, 6.45) is 0. The van der Waals surface area contributed by atoms with Crippen molar-refractivity contribution in [3.8, 4) is 5.75 Å². The van der Waals surface area contributed by atoms with Crippen molar-refractivity contribution in [2.24, 2.45) is 5.73 Å². The van der Waals surface area contributed by atoms with Gasteiger partial charge >= 0.3 is 0 Å². The van der Waals surface area contributed by atoms with E-state index in [4.69, 9.17) is 15.9 Å². The molecule has 0 atom stereocenters. The first-order valence-electron chi connectivity index (χ1n) is 4.96. The Hall–Kier alpha value is -1.33. The van der Waals surface area contributed by atoms with Gasteiger partial charge < -0.3 is 10.5 Å². The van der Waals surface area contributed by atoms with Crippen molar-refractivity contribution < 1.29 is 4.74 Å². The molecule has 1 aromatic carbocycles. The summed E-state index contributed by atoms with van der Waals surface area (Å²) in [7, 11) is 0. The van der Waals surface area contributed by atoms with Gasteiger partial charge in [0.25, 0.3) is 0 Å². The molecule has 0 saturated heterocycles. The van der Waals surface area contributed by atoms with E-state index in [9.17, 15) is 0 Å². The lowest BCUT2D eigenvalue weighted by atomic mass is 10.2. The lowest BCUT2D eigenvalue weighted by molar-refractivity contribution is 0.310. The molecule has 17 heavy (non-hydrogen) atoms. The molecule has 0 fully saturated rings. The molecule has 2 aromatic rings. The maximum absolute atomic E-state index is 7.35. The molecule has 0 spiro atoms. The lowest BCUT2D eigenvalue weighted by Crippen LogP contribution is -2.10. The normalized spacial score (nSPS) is 10.2. The molecule has 2 rings (SSSR count). The van der Waals surface area contributed by atoms with Gasteiger partial charge in [0.1, 0.15) is 18.2 Å². The number of amidine groups is 1. The summed E-state index contributed by atoms with van der Waals surface area (Å²) in [5.74, 6) is 0.775. The van der Waals surface area contributed by atoms with Gasteiger partial charge in [0.2, 0.25) is 0 Å². The van der Waals surface area contributed by atoms with Crippen molar-refractivity contribution >= 4 is 33.1 Å². The Balaban J connectivity index is 2.04. The van der Waals surface area contributed by atoms with Crippen molar-refractivity contribution in [2.45, 2.75) is 6.61 Å². The molecule has 0 aliphatic heterocycles. The third kappa shape index (κ3) is 3.31. The van der Waals surface area contributed by atoms with E-state index >= 15 is 0 Å². The van der Waals surface area contributed by atoms with E-state index in [0.717, 1.165) is 14.4 Å². The molecule has 3 nitrogen and oxygen atoms in total. The second kappa shape index (κ2) is 5.33. The molecular weight excluding hydrogens is 300 g/mol. The number of nitrogens with two attached hydrogens (primary N) is 1. The third-order valence-corrected chi connectivity index (χ3v) is 3.75. The van der Waals surface area contributed by atoms with Crippen LogP contribution in [0.15, 0.2) is 40.2 Å². The summed E-state index contributed by atoms with van der Waals surface area (Å²) in [5.41, 5.74) is 6.09. The van der Waals surface area contributed by atoms with Crippen LogP contribution in [-0.2, 0) is 6.61 Å². The van der Waals surface area contributed by atoms with E-state index in [0.29, 0.717) is 12.2 Å². The van der Waals surface area contributed by atoms with Crippen molar-refractivity contribution in [1.29, 1.82) is 5.41 Å². The molecule has 0 bridgehead atoms. The zero-order valence-corrected chi connectivity index (χ0v) is 11.3. The molecule has 0 saturated carbocycles. The summed E-state index contributed by atoms with van der Waals surface area (Å²) in [4.78, 5) is 1.14. The minimum atomic E-state index is 0.0503. The van der Waals surface area contributed by atoms with Gasteiger partial charge in [-0.2, -0.15) is 0 Å². The van der Waals surface area contributed by atoms with Gasteiger partial charge in [-0.15, -0.1) is 11.3 Å².